The van der Waals surface area contributed by atoms with Crippen LogP contribution in [0.25, 0.3) is 0 Å². The van der Waals surface area contributed by atoms with E-state index in [9.17, 15) is 44.4 Å². The number of rotatable bonds is 8. The Bertz CT molecular complexity index is 1980. The molecule has 1 saturated heterocycles. The average Bonchev–Trinajstić information content (AvgIpc) is 3.14. The van der Waals surface area contributed by atoms with Gasteiger partial charge >= 0.3 is 24.0 Å². The smallest absolute Gasteiger partial charge is 0.408 e. The van der Waals surface area contributed by atoms with Gasteiger partial charge in [0.1, 0.15) is 35.6 Å². The second-order valence-corrected chi connectivity index (χ2v) is 17.6. The molecular weight excluding hydrogens is 754 g/mol. The van der Waals surface area contributed by atoms with Crippen LogP contribution in [0, 0.1) is 16.7 Å². The maximum atomic E-state index is 14.9. The zero-order valence-electron chi connectivity index (χ0n) is 33.9. The number of hydrogen-bond acceptors (Lipinski definition) is 14. The molecule has 2 aromatic carbocycles. The normalized spacial score (nSPS) is 33.7. The first-order valence-electron chi connectivity index (χ1n) is 19.3. The summed E-state index contributed by atoms with van der Waals surface area (Å²) in [6, 6.07) is 14.6. The molecule has 2 aromatic rings. The van der Waals surface area contributed by atoms with Gasteiger partial charge in [0.05, 0.1) is 35.6 Å². The summed E-state index contributed by atoms with van der Waals surface area (Å²) in [7, 11) is 0. The summed E-state index contributed by atoms with van der Waals surface area (Å²) in [6.07, 6.45) is -11.5. The summed E-state index contributed by atoms with van der Waals surface area (Å²) in [5, 5.41) is 51.6. The lowest BCUT2D eigenvalue weighted by atomic mass is 9.44. The van der Waals surface area contributed by atoms with Gasteiger partial charge in [0, 0.05) is 25.2 Å². The number of ketones is 1. The topological polar surface area (TPSA) is 224 Å². The van der Waals surface area contributed by atoms with Crippen LogP contribution in [0.5, 0.6) is 0 Å². The third-order valence-corrected chi connectivity index (χ3v) is 12.6. The molecule has 1 aliphatic heterocycles. The maximum absolute atomic E-state index is 14.9. The van der Waals surface area contributed by atoms with E-state index in [1.54, 1.807) is 83.1 Å². The third kappa shape index (κ3) is 7.10. The van der Waals surface area contributed by atoms with Crippen LogP contribution >= 0.6 is 0 Å². The number of aliphatic hydroxyl groups excluding tert-OH is 3. The Hall–Kier alpha value is -4.67. The number of carbonyl (C=O) groups is 5. The van der Waals surface area contributed by atoms with Crippen molar-refractivity contribution in [2.45, 2.75) is 128 Å². The molecule has 3 fully saturated rings. The van der Waals surface area contributed by atoms with E-state index in [4.69, 9.17) is 23.7 Å². The second kappa shape index (κ2) is 15.2. The van der Waals surface area contributed by atoms with Crippen molar-refractivity contribution in [1.29, 1.82) is 0 Å². The van der Waals surface area contributed by atoms with Crippen molar-refractivity contribution in [3.63, 3.8) is 0 Å². The number of hydrogen-bond donors (Lipinski definition) is 5. The molecule has 0 spiro atoms. The SMILES string of the molecule is CC(=O)O[C@@]12CO[C@@H]1CC(O)[C@@]1(C)C(=O)C(O)C3=C(C)C(OC(=O)C(O)C(NC(=O)OC(C)(C)C)c4ccccc4)C[C@@](O)([C@@H](OC(=O)c4ccccc4)[C@H]21)C3(C)C. The molecule has 4 aliphatic rings. The Balaban J connectivity index is 1.49. The number of carbonyl (C=O) groups excluding carboxylic acids is 5. The fourth-order valence-electron chi connectivity index (χ4n) is 9.56. The average molecular weight is 808 g/mol. The summed E-state index contributed by atoms with van der Waals surface area (Å²) in [6.45, 7) is 11.8. The highest BCUT2D eigenvalue weighted by Crippen LogP contribution is 2.64. The monoisotopic (exact) mass is 807 g/mol. The quantitative estimate of drug-likeness (QED) is 0.147. The Kier molecular flexibility index (Phi) is 11.2. The van der Waals surface area contributed by atoms with Crippen LogP contribution in [0.4, 0.5) is 4.79 Å². The molecule has 314 valence electrons. The summed E-state index contributed by atoms with van der Waals surface area (Å²) in [4.78, 5) is 68.9. The first kappa shape index (κ1) is 42.9. The van der Waals surface area contributed by atoms with Crippen molar-refractivity contribution in [1.82, 2.24) is 5.32 Å². The number of ether oxygens (including phenoxy) is 5. The number of nitrogens with one attached hydrogen (secondary N) is 1. The minimum Gasteiger partial charge on any atom is -0.456 e. The molecular formula is C43H53NO14. The number of Topliss-reactive ketones (excluding diaryl/α,β-unsaturated/α-hetero) is 1. The van der Waals surface area contributed by atoms with Gasteiger partial charge in [-0.1, -0.05) is 62.4 Å². The van der Waals surface area contributed by atoms with Crippen LogP contribution < -0.4 is 5.32 Å². The van der Waals surface area contributed by atoms with Gasteiger partial charge in [-0.15, -0.1) is 0 Å². The molecule has 3 aliphatic carbocycles. The summed E-state index contributed by atoms with van der Waals surface area (Å²) < 4.78 is 29.5. The maximum Gasteiger partial charge on any atom is 0.408 e. The van der Waals surface area contributed by atoms with E-state index in [-0.39, 0.29) is 29.7 Å². The minimum atomic E-state index is -2.35. The van der Waals surface area contributed by atoms with Crippen molar-refractivity contribution in [2.75, 3.05) is 6.61 Å². The van der Waals surface area contributed by atoms with Crippen molar-refractivity contribution < 1.29 is 68.1 Å². The van der Waals surface area contributed by atoms with E-state index < -0.39 is 112 Å². The molecule has 1 amide bonds. The number of aliphatic hydroxyl groups is 4. The number of amides is 1. The first-order chi connectivity index (χ1) is 27.0. The van der Waals surface area contributed by atoms with Crippen molar-refractivity contribution >= 4 is 29.8 Å². The van der Waals surface area contributed by atoms with Gasteiger partial charge in [0.25, 0.3) is 0 Å². The summed E-state index contributed by atoms with van der Waals surface area (Å²) >= 11 is 0. The molecule has 58 heavy (non-hydrogen) atoms. The molecule has 0 radical (unpaired) electrons. The molecule has 2 bridgehead atoms. The second-order valence-electron chi connectivity index (χ2n) is 17.6. The molecule has 11 atom stereocenters. The molecule has 15 nitrogen and oxygen atoms in total. The van der Waals surface area contributed by atoms with E-state index >= 15 is 0 Å². The fraction of sp³-hybridized carbons (Fsp3) is 0.558. The molecule has 5 unspecified atom stereocenters. The Morgan fingerprint density at radius 2 is 1.55 bits per heavy atom. The molecule has 15 heteroatoms. The van der Waals surface area contributed by atoms with Crippen LogP contribution in [0.3, 0.4) is 0 Å². The highest BCUT2D eigenvalue weighted by atomic mass is 16.6. The van der Waals surface area contributed by atoms with Crippen molar-refractivity contribution in [3.05, 3.63) is 82.9 Å². The van der Waals surface area contributed by atoms with E-state index in [0.29, 0.717) is 5.56 Å². The largest absolute Gasteiger partial charge is 0.456 e. The lowest BCUT2D eigenvalue weighted by Gasteiger charge is -2.67. The number of benzene rings is 2. The number of fused-ring (bicyclic) bond motifs is 5. The van der Waals surface area contributed by atoms with Gasteiger partial charge in [0.2, 0.25) is 0 Å². The van der Waals surface area contributed by atoms with Gasteiger partial charge in [-0.05, 0) is 63.5 Å². The zero-order chi connectivity index (χ0) is 42.7. The Morgan fingerprint density at radius 1 is 0.948 bits per heavy atom. The predicted molar refractivity (Wildman–Crippen MR) is 204 cm³/mol. The highest BCUT2D eigenvalue weighted by Gasteiger charge is 2.78. The molecule has 5 N–H and O–H groups in total. The van der Waals surface area contributed by atoms with Crippen LogP contribution in [0.2, 0.25) is 0 Å². The Labute approximate surface area is 336 Å². The molecule has 2 saturated carbocycles. The van der Waals surface area contributed by atoms with Gasteiger partial charge in [-0.2, -0.15) is 0 Å². The van der Waals surface area contributed by atoms with Gasteiger partial charge in [-0.3, -0.25) is 9.59 Å². The number of esters is 3. The van der Waals surface area contributed by atoms with Crippen LogP contribution in [-0.2, 0) is 38.1 Å². The Morgan fingerprint density at radius 3 is 2.10 bits per heavy atom. The van der Waals surface area contributed by atoms with Gasteiger partial charge in [-0.25, -0.2) is 14.4 Å². The third-order valence-electron chi connectivity index (χ3n) is 12.6. The van der Waals surface area contributed by atoms with E-state index in [1.165, 1.54) is 26.0 Å². The number of alkyl carbamates (subject to hydrolysis) is 1. The minimum absolute atomic E-state index is 0.0637. The predicted octanol–water partition coefficient (Wildman–Crippen LogP) is 3.26. The lowest BCUT2D eigenvalue weighted by molar-refractivity contribution is -0.346. The van der Waals surface area contributed by atoms with Crippen molar-refractivity contribution in [3.8, 4) is 0 Å². The highest BCUT2D eigenvalue weighted by molar-refractivity contribution is 5.94. The van der Waals surface area contributed by atoms with Crippen LogP contribution in [0.15, 0.2) is 71.8 Å². The van der Waals surface area contributed by atoms with Gasteiger partial charge < -0.3 is 49.4 Å². The molecule has 6 rings (SSSR count). The van der Waals surface area contributed by atoms with E-state index in [2.05, 4.69) is 5.32 Å². The standard InChI is InChI=1S/C43H53NO14/c1-22-26(55-37(51)32(48)30(24-15-11-9-12-16-24)44-38(52)58-39(3,4)5)20-43(53)35(56-36(50)25-17-13-10-14-18-25)33-41(8,34(49)31(47)29(22)40(43,6)7)27(46)19-28-42(33,21-54-28)57-23(2)45/h9-18,26-28,30-33,35,46-48,53H,19-21H2,1-8H3,(H,44,52)/t26?,27?,28-,30?,31?,32?,33+,35+,41-,42+,43-/m1/s1. The fourth-order valence-corrected chi connectivity index (χ4v) is 9.56. The molecule has 0 aromatic heterocycles. The molecule has 1 heterocycles. The van der Waals surface area contributed by atoms with E-state index in [0.717, 1.165) is 6.92 Å². The van der Waals surface area contributed by atoms with Gasteiger partial charge in [0.15, 0.2) is 17.5 Å². The van der Waals surface area contributed by atoms with Crippen molar-refractivity contribution in [2.24, 2.45) is 16.7 Å². The summed E-state index contributed by atoms with van der Waals surface area (Å²) in [5.41, 5.74) is -8.14. The van der Waals surface area contributed by atoms with E-state index in [1.807, 2.05) is 0 Å². The van der Waals surface area contributed by atoms with Crippen LogP contribution in [-0.4, -0.2) is 110 Å². The van der Waals surface area contributed by atoms with Crippen LogP contribution in [0.1, 0.15) is 90.2 Å². The lowest BCUT2D eigenvalue weighted by Crippen LogP contribution is -2.81. The summed E-state index contributed by atoms with van der Waals surface area (Å²) in [5.74, 6) is -5.36. The zero-order valence-corrected chi connectivity index (χ0v) is 33.9. The first-order valence-corrected chi connectivity index (χ1v) is 19.3.